The van der Waals surface area contributed by atoms with E-state index in [0.29, 0.717) is 0 Å². The van der Waals surface area contributed by atoms with Gasteiger partial charge in [0.2, 0.25) is 0 Å². The van der Waals surface area contributed by atoms with E-state index in [1.165, 1.54) is 6.21 Å². The van der Waals surface area contributed by atoms with E-state index in [1.54, 1.807) is 10.3 Å². The number of hydrogen-bond donors (Lipinski definition) is 1. The molecule has 0 heterocycles. The van der Waals surface area contributed by atoms with Gasteiger partial charge in [-0.05, 0) is 35.6 Å². The number of nitrogens with zero attached hydrogens (tertiary/aromatic N) is 1. The number of halogens is 1. The molecule has 0 amide bonds. The molecule has 0 unspecified atom stereocenters. The Balaban J connectivity index is 3.79. The molecular formula is C5H7IN2. The van der Waals surface area contributed by atoms with Crippen LogP contribution in [0.3, 0.4) is 0 Å². The van der Waals surface area contributed by atoms with Crippen molar-refractivity contribution < 1.29 is 0 Å². The van der Waals surface area contributed by atoms with Crippen LogP contribution in [0.1, 0.15) is 6.92 Å². The predicted molar refractivity (Wildman–Crippen MR) is 45.1 cm³/mol. The smallest absolute Gasteiger partial charge is 0.0654 e. The second-order valence-corrected chi connectivity index (χ2v) is 1.76. The molecular weight excluding hydrogens is 215 g/mol. The summed E-state index contributed by atoms with van der Waals surface area (Å²) >= 11 is 2.03. The average molecular weight is 222 g/mol. The number of hydrogen-bond acceptors (Lipinski definition) is 2. The van der Waals surface area contributed by atoms with Gasteiger partial charge in [0.05, 0.1) is 4.22 Å². The Morgan fingerprint density at radius 1 is 1.75 bits per heavy atom. The van der Waals surface area contributed by atoms with Crippen molar-refractivity contribution in [3.8, 4) is 0 Å². The van der Waals surface area contributed by atoms with E-state index in [9.17, 15) is 0 Å². The largest absolute Gasteiger partial charge is 0.309 e. The van der Waals surface area contributed by atoms with E-state index in [4.69, 9.17) is 5.41 Å². The van der Waals surface area contributed by atoms with Crippen molar-refractivity contribution in [1.29, 1.82) is 5.41 Å². The fourth-order valence-electron chi connectivity index (χ4n) is 0.241. The van der Waals surface area contributed by atoms with Gasteiger partial charge in [0.15, 0.2) is 0 Å². The Morgan fingerprint density at radius 2 is 2.38 bits per heavy atom. The van der Waals surface area contributed by atoms with Gasteiger partial charge < -0.3 is 5.41 Å². The molecule has 0 aliphatic carbocycles. The van der Waals surface area contributed by atoms with E-state index < -0.39 is 0 Å². The van der Waals surface area contributed by atoms with E-state index in [0.717, 1.165) is 5.70 Å². The van der Waals surface area contributed by atoms with Crippen LogP contribution in [0.25, 0.3) is 0 Å². The molecule has 0 aromatic rings. The van der Waals surface area contributed by atoms with Gasteiger partial charge >= 0.3 is 0 Å². The lowest BCUT2D eigenvalue weighted by Crippen LogP contribution is -1.67. The zero-order chi connectivity index (χ0) is 6.41. The summed E-state index contributed by atoms with van der Waals surface area (Å²) in [6, 6.07) is 0. The van der Waals surface area contributed by atoms with Crippen LogP contribution in [0.5, 0.6) is 0 Å². The minimum atomic E-state index is 0.856. The Kier molecular flexibility index (Phi) is 4.84. The summed E-state index contributed by atoms with van der Waals surface area (Å²) in [5.41, 5.74) is 0.856. The molecule has 0 aromatic carbocycles. The Hall–Kier alpha value is -0.190. The molecule has 0 atom stereocenters. The maximum atomic E-state index is 6.63. The highest BCUT2D eigenvalue weighted by Crippen LogP contribution is 1.91. The highest BCUT2D eigenvalue weighted by Gasteiger charge is 1.73. The van der Waals surface area contributed by atoms with Crippen LogP contribution in [0.2, 0.25) is 0 Å². The lowest BCUT2D eigenvalue weighted by molar-refractivity contribution is 1.33. The van der Waals surface area contributed by atoms with Crippen LogP contribution in [-0.4, -0.2) is 10.4 Å². The molecule has 1 N–H and O–H groups in total. The maximum Gasteiger partial charge on any atom is 0.0654 e. The van der Waals surface area contributed by atoms with Crippen molar-refractivity contribution >= 4 is 33.0 Å². The zero-order valence-electron chi connectivity index (χ0n) is 4.56. The van der Waals surface area contributed by atoms with Gasteiger partial charge in [-0.15, -0.1) is 0 Å². The van der Waals surface area contributed by atoms with Gasteiger partial charge in [-0.25, -0.2) is 0 Å². The van der Waals surface area contributed by atoms with Gasteiger partial charge in [0.1, 0.15) is 0 Å². The number of aliphatic imine (C=N–C) groups is 1. The molecule has 8 heavy (non-hydrogen) atoms. The second kappa shape index (κ2) is 4.96. The van der Waals surface area contributed by atoms with Crippen LogP contribution in [0.15, 0.2) is 16.8 Å². The summed E-state index contributed by atoms with van der Waals surface area (Å²) in [6.45, 7) is 1.85. The SMILES string of the molecule is CC(=C/C=N)/N=C\I. The third kappa shape index (κ3) is 3.98. The first-order chi connectivity index (χ1) is 3.81. The lowest BCUT2D eigenvalue weighted by Gasteiger charge is -1.81. The van der Waals surface area contributed by atoms with Crippen molar-refractivity contribution in [3.63, 3.8) is 0 Å². The van der Waals surface area contributed by atoms with Crippen LogP contribution in [0.4, 0.5) is 0 Å². The van der Waals surface area contributed by atoms with Crippen LogP contribution >= 0.6 is 22.6 Å². The zero-order valence-corrected chi connectivity index (χ0v) is 6.71. The fourth-order valence-corrected chi connectivity index (χ4v) is 0.680. The van der Waals surface area contributed by atoms with Crippen molar-refractivity contribution in [3.05, 3.63) is 11.8 Å². The molecule has 44 valence electrons. The van der Waals surface area contributed by atoms with Gasteiger partial charge in [0.25, 0.3) is 0 Å². The van der Waals surface area contributed by atoms with Crippen LogP contribution in [-0.2, 0) is 0 Å². The molecule has 0 fully saturated rings. The monoisotopic (exact) mass is 222 g/mol. The van der Waals surface area contributed by atoms with Crippen molar-refractivity contribution in [2.24, 2.45) is 4.99 Å². The van der Waals surface area contributed by atoms with E-state index in [1.807, 2.05) is 29.5 Å². The number of allylic oxidation sites excluding steroid dienone is 2. The molecule has 0 spiro atoms. The fraction of sp³-hybridized carbons (Fsp3) is 0.200. The topological polar surface area (TPSA) is 36.2 Å². The van der Waals surface area contributed by atoms with E-state index >= 15 is 0 Å². The molecule has 0 radical (unpaired) electrons. The van der Waals surface area contributed by atoms with Gasteiger partial charge in [-0.3, -0.25) is 4.99 Å². The Bertz CT molecular complexity index is 126. The third-order valence-electron chi connectivity index (χ3n) is 0.577. The molecule has 0 aliphatic rings. The molecule has 3 heteroatoms. The molecule has 0 saturated heterocycles. The normalized spacial score (nSPS) is 12.5. The van der Waals surface area contributed by atoms with Crippen LogP contribution < -0.4 is 0 Å². The summed E-state index contributed by atoms with van der Waals surface area (Å²) in [5, 5.41) is 6.63. The van der Waals surface area contributed by atoms with Gasteiger partial charge in [-0.2, -0.15) is 0 Å². The lowest BCUT2D eigenvalue weighted by atomic mass is 10.5. The molecule has 0 aromatic heterocycles. The first-order valence-electron chi connectivity index (χ1n) is 2.11. The minimum Gasteiger partial charge on any atom is -0.309 e. The van der Waals surface area contributed by atoms with Gasteiger partial charge in [0, 0.05) is 11.9 Å². The van der Waals surface area contributed by atoms with Crippen molar-refractivity contribution in [2.75, 3.05) is 0 Å². The summed E-state index contributed by atoms with van der Waals surface area (Å²) < 4.78 is 1.67. The van der Waals surface area contributed by atoms with Gasteiger partial charge in [-0.1, -0.05) is 0 Å². The average Bonchev–Trinajstić information content (AvgIpc) is 1.68. The van der Waals surface area contributed by atoms with Crippen LogP contribution in [0, 0.1) is 5.41 Å². The Morgan fingerprint density at radius 3 is 2.75 bits per heavy atom. The summed E-state index contributed by atoms with van der Waals surface area (Å²) in [6.07, 6.45) is 2.86. The van der Waals surface area contributed by atoms with E-state index in [2.05, 4.69) is 4.99 Å². The molecule has 2 nitrogen and oxygen atoms in total. The quantitative estimate of drug-likeness (QED) is 0.548. The van der Waals surface area contributed by atoms with E-state index in [-0.39, 0.29) is 0 Å². The van der Waals surface area contributed by atoms with Crippen molar-refractivity contribution in [1.82, 2.24) is 0 Å². The third-order valence-corrected chi connectivity index (χ3v) is 0.855. The standard InChI is InChI=1S/C5H7IN2/c1-5(2-3-7)8-4-6/h2-4,7H,1H3/b5-2-,7-3?,8-4-. The highest BCUT2D eigenvalue weighted by atomic mass is 127. The summed E-state index contributed by atoms with van der Waals surface area (Å²) in [4.78, 5) is 3.89. The second-order valence-electron chi connectivity index (χ2n) is 1.20. The first kappa shape index (κ1) is 7.81. The maximum absolute atomic E-state index is 6.63. The Labute approximate surface area is 62.4 Å². The number of rotatable bonds is 2. The number of nitrogens with one attached hydrogen (secondary N) is 1. The highest BCUT2D eigenvalue weighted by molar-refractivity contribution is 14.1. The minimum absolute atomic E-state index is 0.856. The summed E-state index contributed by atoms with van der Waals surface area (Å²) in [7, 11) is 0. The molecule has 0 saturated carbocycles. The first-order valence-corrected chi connectivity index (χ1v) is 3.36. The predicted octanol–water partition coefficient (Wildman–Crippen LogP) is 2.00. The molecule has 0 bridgehead atoms. The molecule has 0 rings (SSSR count). The molecule has 0 aliphatic heterocycles. The van der Waals surface area contributed by atoms with Crippen molar-refractivity contribution in [2.45, 2.75) is 6.92 Å². The summed E-state index contributed by atoms with van der Waals surface area (Å²) in [5.74, 6) is 0.